The number of carbonyl (C=O) groups excluding carboxylic acids is 1. The molecular formula is C14H17N3O3S. The molecule has 0 saturated heterocycles. The summed E-state index contributed by atoms with van der Waals surface area (Å²) >= 11 is 1.40. The fourth-order valence-corrected chi connectivity index (χ4v) is 2.98. The number of rotatable bonds is 6. The Morgan fingerprint density at radius 2 is 2.14 bits per heavy atom. The van der Waals surface area contributed by atoms with Gasteiger partial charge in [0.2, 0.25) is 5.91 Å². The molecule has 1 atom stereocenters. The summed E-state index contributed by atoms with van der Waals surface area (Å²) in [5, 5.41) is 12.3. The molecule has 0 radical (unpaired) electrons. The van der Waals surface area contributed by atoms with Gasteiger partial charge in [-0.15, -0.1) is 0 Å². The molecule has 0 spiro atoms. The summed E-state index contributed by atoms with van der Waals surface area (Å²) in [5.74, 6) is -1.19. The van der Waals surface area contributed by atoms with E-state index in [4.69, 9.17) is 5.11 Å². The van der Waals surface area contributed by atoms with Gasteiger partial charge < -0.3 is 10.4 Å². The standard InChI is InChI=1S/C14H17N3O3S/c1-3-10(13(19)20)17(2)8-12(18)16-14-15-9-6-4-5-7-11(9)21-14/h4-7,10H,3,8H2,1-2H3,(H,19,20)(H,15,16,18). The number of carbonyl (C=O) groups is 2. The van der Waals surface area contributed by atoms with Crippen LogP contribution in [0.2, 0.25) is 0 Å². The molecule has 2 aromatic rings. The summed E-state index contributed by atoms with van der Waals surface area (Å²) < 4.78 is 0.998. The number of carboxylic acids is 1. The average molecular weight is 307 g/mol. The zero-order valence-corrected chi connectivity index (χ0v) is 12.7. The molecule has 21 heavy (non-hydrogen) atoms. The van der Waals surface area contributed by atoms with Crippen LogP contribution in [0.25, 0.3) is 10.2 Å². The number of likely N-dealkylation sites (N-methyl/N-ethyl adjacent to an activating group) is 1. The summed E-state index contributed by atoms with van der Waals surface area (Å²) in [7, 11) is 1.63. The number of aliphatic carboxylic acids is 1. The highest BCUT2D eigenvalue weighted by atomic mass is 32.1. The van der Waals surface area contributed by atoms with Gasteiger partial charge in [0.15, 0.2) is 5.13 Å². The Kier molecular flexibility index (Phi) is 4.87. The Morgan fingerprint density at radius 3 is 2.76 bits per heavy atom. The molecule has 1 unspecified atom stereocenters. The van der Waals surface area contributed by atoms with Crippen LogP contribution in [0, 0.1) is 0 Å². The fourth-order valence-electron chi connectivity index (χ4n) is 2.10. The van der Waals surface area contributed by atoms with E-state index in [9.17, 15) is 9.59 Å². The Hall–Kier alpha value is -1.99. The highest BCUT2D eigenvalue weighted by Gasteiger charge is 2.22. The molecule has 0 aliphatic rings. The molecule has 0 saturated carbocycles. The molecule has 2 N–H and O–H groups in total. The number of carboxylic acid groups (broad SMARTS) is 1. The van der Waals surface area contributed by atoms with Crippen LogP contribution >= 0.6 is 11.3 Å². The van der Waals surface area contributed by atoms with Crippen molar-refractivity contribution < 1.29 is 14.7 Å². The van der Waals surface area contributed by atoms with Crippen LogP contribution in [-0.2, 0) is 9.59 Å². The number of hydrogen-bond acceptors (Lipinski definition) is 5. The van der Waals surface area contributed by atoms with E-state index in [-0.39, 0.29) is 12.5 Å². The lowest BCUT2D eigenvalue weighted by Crippen LogP contribution is -2.42. The van der Waals surface area contributed by atoms with Crippen molar-refractivity contribution in [3.8, 4) is 0 Å². The molecule has 0 aliphatic carbocycles. The Labute approximate surface area is 126 Å². The maximum Gasteiger partial charge on any atom is 0.320 e. The van der Waals surface area contributed by atoms with Gasteiger partial charge in [0.05, 0.1) is 16.8 Å². The van der Waals surface area contributed by atoms with Crippen LogP contribution in [0.5, 0.6) is 0 Å². The maximum absolute atomic E-state index is 12.0. The first-order valence-electron chi connectivity index (χ1n) is 6.59. The number of amides is 1. The van der Waals surface area contributed by atoms with Crippen LogP contribution in [0.15, 0.2) is 24.3 Å². The highest BCUT2D eigenvalue weighted by Crippen LogP contribution is 2.25. The Morgan fingerprint density at radius 1 is 1.43 bits per heavy atom. The number of aromatic nitrogens is 1. The summed E-state index contributed by atoms with van der Waals surface area (Å²) in [6, 6.07) is 6.96. The monoisotopic (exact) mass is 307 g/mol. The number of nitrogens with zero attached hydrogens (tertiary/aromatic N) is 2. The second kappa shape index (κ2) is 6.64. The third-order valence-corrected chi connectivity index (χ3v) is 4.09. The predicted octanol–water partition coefficient (Wildman–Crippen LogP) is 2.03. The minimum absolute atomic E-state index is 0.0146. The van der Waals surface area contributed by atoms with E-state index in [1.54, 1.807) is 14.0 Å². The van der Waals surface area contributed by atoms with Crippen LogP contribution < -0.4 is 5.32 Å². The molecule has 0 aliphatic heterocycles. The lowest BCUT2D eigenvalue weighted by atomic mass is 10.2. The lowest BCUT2D eigenvalue weighted by molar-refractivity contribution is -0.143. The van der Waals surface area contributed by atoms with Crippen molar-refractivity contribution in [1.82, 2.24) is 9.88 Å². The largest absolute Gasteiger partial charge is 0.480 e. The van der Waals surface area contributed by atoms with Crippen LogP contribution in [0.1, 0.15) is 13.3 Å². The van der Waals surface area contributed by atoms with E-state index in [1.807, 2.05) is 24.3 Å². The topological polar surface area (TPSA) is 82.5 Å². The molecule has 2 rings (SSSR count). The fraction of sp³-hybridized carbons (Fsp3) is 0.357. The molecule has 7 heteroatoms. The Balaban J connectivity index is 1.99. The van der Waals surface area contributed by atoms with Gasteiger partial charge in [-0.05, 0) is 25.6 Å². The number of thiazole rings is 1. The number of benzene rings is 1. The van der Waals surface area contributed by atoms with Gasteiger partial charge in [-0.25, -0.2) is 4.98 Å². The number of hydrogen-bond donors (Lipinski definition) is 2. The molecule has 0 bridgehead atoms. The first-order chi connectivity index (χ1) is 10.0. The van der Waals surface area contributed by atoms with Gasteiger partial charge in [-0.1, -0.05) is 30.4 Å². The van der Waals surface area contributed by atoms with Crippen molar-refractivity contribution in [3.05, 3.63) is 24.3 Å². The van der Waals surface area contributed by atoms with Gasteiger partial charge in [0.1, 0.15) is 6.04 Å². The van der Waals surface area contributed by atoms with Gasteiger partial charge >= 0.3 is 5.97 Å². The van der Waals surface area contributed by atoms with Gasteiger partial charge in [-0.2, -0.15) is 0 Å². The SMILES string of the molecule is CCC(C(=O)O)N(C)CC(=O)Nc1nc2ccccc2s1. The third-order valence-electron chi connectivity index (χ3n) is 3.14. The quantitative estimate of drug-likeness (QED) is 0.853. The van der Waals surface area contributed by atoms with Crippen LogP contribution in [0.3, 0.4) is 0 Å². The molecule has 1 aromatic carbocycles. The summed E-state index contributed by atoms with van der Waals surface area (Å²) in [6.07, 6.45) is 0.445. The highest BCUT2D eigenvalue weighted by molar-refractivity contribution is 7.22. The van der Waals surface area contributed by atoms with E-state index in [0.717, 1.165) is 10.2 Å². The van der Waals surface area contributed by atoms with E-state index in [0.29, 0.717) is 11.6 Å². The normalized spacial score (nSPS) is 12.5. The van der Waals surface area contributed by atoms with E-state index in [2.05, 4.69) is 10.3 Å². The van der Waals surface area contributed by atoms with Crippen LogP contribution in [0.4, 0.5) is 5.13 Å². The zero-order chi connectivity index (χ0) is 15.4. The molecule has 112 valence electrons. The van der Waals surface area contributed by atoms with Crippen LogP contribution in [-0.4, -0.2) is 46.5 Å². The second-order valence-electron chi connectivity index (χ2n) is 4.71. The minimum atomic E-state index is -0.923. The van der Waals surface area contributed by atoms with E-state index >= 15 is 0 Å². The second-order valence-corrected chi connectivity index (χ2v) is 5.74. The first-order valence-corrected chi connectivity index (χ1v) is 7.41. The summed E-state index contributed by atoms with van der Waals surface area (Å²) in [6.45, 7) is 1.79. The first kappa shape index (κ1) is 15.4. The number of para-hydroxylation sites is 1. The Bertz CT molecular complexity index is 623. The lowest BCUT2D eigenvalue weighted by Gasteiger charge is -2.22. The van der Waals surface area contributed by atoms with E-state index < -0.39 is 12.0 Å². The zero-order valence-electron chi connectivity index (χ0n) is 11.9. The predicted molar refractivity (Wildman–Crippen MR) is 82.6 cm³/mol. The molecule has 0 fully saturated rings. The summed E-state index contributed by atoms with van der Waals surface area (Å²) in [5.41, 5.74) is 0.836. The molecule has 1 heterocycles. The van der Waals surface area contributed by atoms with Crippen molar-refractivity contribution in [2.24, 2.45) is 0 Å². The molecule has 1 aromatic heterocycles. The molecular weight excluding hydrogens is 290 g/mol. The van der Waals surface area contributed by atoms with Crippen molar-refractivity contribution in [2.75, 3.05) is 18.9 Å². The number of fused-ring (bicyclic) bond motifs is 1. The number of nitrogens with one attached hydrogen (secondary N) is 1. The maximum atomic E-state index is 12.0. The van der Waals surface area contributed by atoms with Crippen molar-refractivity contribution in [2.45, 2.75) is 19.4 Å². The van der Waals surface area contributed by atoms with Gasteiger partial charge in [0.25, 0.3) is 0 Å². The minimum Gasteiger partial charge on any atom is -0.480 e. The molecule has 6 nitrogen and oxygen atoms in total. The van der Waals surface area contributed by atoms with Crippen molar-refractivity contribution in [3.63, 3.8) is 0 Å². The molecule has 1 amide bonds. The van der Waals surface area contributed by atoms with Gasteiger partial charge in [0, 0.05) is 0 Å². The summed E-state index contributed by atoms with van der Waals surface area (Å²) in [4.78, 5) is 28.8. The van der Waals surface area contributed by atoms with Gasteiger partial charge in [-0.3, -0.25) is 14.5 Å². The van der Waals surface area contributed by atoms with E-state index in [1.165, 1.54) is 16.2 Å². The van der Waals surface area contributed by atoms with Crippen molar-refractivity contribution >= 4 is 38.6 Å². The van der Waals surface area contributed by atoms with Crippen molar-refractivity contribution in [1.29, 1.82) is 0 Å². The third kappa shape index (κ3) is 3.77. The number of anilines is 1. The smallest absolute Gasteiger partial charge is 0.320 e. The average Bonchev–Trinajstić information content (AvgIpc) is 2.80.